The molecule has 154 valence electrons. The molecule has 0 amide bonds. The molecule has 0 radical (unpaired) electrons. The van der Waals surface area contributed by atoms with Crippen LogP contribution in [0, 0.1) is 6.92 Å². The van der Waals surface area contributed by atoms with Gasteiger partial charge in [-0.25, -0.2) is 9.97 Å². The van der Waals surface area contributed by atoms with Gasteiger partial charge >= 0.3 is 0 Å². The first-order chi connectivity index (χ1) is 14.5. The summed E-state index contributed by atoms with van der Waals surface area (Å²) < 4.78 is 3.67. The van der Waals surface area contributed by atoms with Crippen molar-refractivity contribution in [3.8, 4) is 11.3 Å². The zero-order valence-electron chi connectivity index (χ0n) is 17.6. The summed E-state index contributed by atoms with van der Waals surface area (Å²) in [5.74, 6) is 0. The van der Waals surface area contributed by atoms with Crippen LogP contribution in [-0.4, -0.2) is 44.4 Å². The Hall–Kier alpha value is -3.19. The highest BCUT2D eigenvalue weighted by molar-refractivity contribution is 5.66. The average Bonchev–Trinajstić information content (AvgIpc) is 3.13. The lowest BCUT2D eigenvalue weighted by Crippen LogP contribution is -2.49. The van der Waals surface area contributed by atoms with E-state index in [-0.39, 0.29) is 5.56 Å². The van der Waals surface area contributed by atoms with Crippen LogP contribution in [0.3, 0.4) is 0 Å². The van der Waals surface area contributed by atoms with Crippen LogP contribution in [0.25, 0.3) is 22.6 Å². The number of nitrogens with one attached hydrogen (secondary N) is 1. The van der Waals surface area contributed by atoms with Gasteiger partial charge in [-0.1, -0.05) is 6.92 Å². The Labute approximate surface area is 175 Å². The summed E-state index contributed by atoms with van der Waals surface area (Å²) in [5, 5.41) is 3.45. The number of pyridine rings is 2. The van der Waals surface area contributed by atoms with E-state index in [4.69, 9.17) is 4.98 Å². The summed E-state index contributed by atoms with van der Waals surface area (Å²) in [7, 11) is 0. The van der Waals surface area contributed by atoms with Gasteiger partial charge in [-0.2, -0.15) is 0 Å². The molecule has 0 saturated carbocycles. The van der Waals surface area contributed by atoms with Gasteiger partial charge in [-0.05, 0) is 44.0 Å². The fourth-order valence-electron chi connectivity index (χ4n) is 4.29. The Balaban J connectivity index is 1.59. The Morgan fingerprint density at radius 1 is 1.17 bits per heavy atom. The number of rotatable bonds is 3. The van der Waals surface area contributed by atoms with E-state index in [1.54, 1.807) is 10.5 Å². The molecule has 1 saturated heterocycles. The molecule has 4 aromatic heterocycles. The lowest BCUT2D eigenvalue weighted by atomic mass is 10.1. The van der Waals surface area contributed by atoms with E-state index in [1.807, 2.05) is 36.0 Å². The molecule has 7 nitrogen and oxygen atoms in total. The summed E-state index contributed by atoms with van der Waals surface area (Å²) in [4.78, 5) is 24.7. The van der Waals surface area contributed by atoms with Crippen molar-refractivity contribution in [2.45, 2.75) is 33.2 Å². The molecule has 7 heteroatoms. The molecule has 1 fully saturated rings. The first-order valence-electron chi connectivity index (χ1n) is 10.5. The number of anilines is 1. The first kappa shape index (κ1) is 18.8. The SMILES string of the molecule is CCc1cc(-c2cc(=O)n3cc(N4CCN[C@H](C)C4)ccc3n2)cn2cc(C)nc12. The van der Waals surface area contributed by atoms with Crippen molar-refractivity contribution in [1.29, 1.82) is 0 Å². The Bertz CT molecular complexity index is 1300. The van der Waals surface area contributed by atoms with E-state index >= 15 is 0 Å². The van der Waals surface area contributed by atoms with E-state index in [0.717, 1.165) is 54.2 Å². The fraction of sp³-hybridized carbons (Fsp3) is 0.348. The molecule has 1 aliphatic heterocycles. The average molecular weight is 403 g/mol. The summed E-state index contributed by atoms with van der Waals surface area (Å²) in [6.45, 7) is 9.08. The second-order valence-electron chi connectivity index (χ2n) is 8.12. The maximum Gasteiger partial charge on any atom is 0.258 e. The minimum absolute atomic E-state index is 0.0695. The van der Waals surface area contributed by atoms with E-state index in [1.165, 1.54) is 0 Å². The van der Waals surface area contributed by atoms with Gasteiger partial charge in [0.2, 0.25) is 0 Å². The maximum atomic E-state index is 13.0. The second-order valence-corrected chi connectivity index (χ2v) is 8.12. The predicted molar refractivity (Wildman–Crippen MR) is 119 cm³/mol. The lowest BCUT2D eigenvalue weighted by Gasteiger charge is -2.33. The zero-order valence-corrected chi connectivity index (χ0v) is 17.6. The monoisotopic (exact) mass is 402 g/mol. The molecule has 30 heavy (non-hydrogen) atoms. The Morgan fingerprint density at radius 2 is 2.03 bits per heavy atom. The van der Waals surface area contributed by atoms with E-state index < -0.39 is 0 Å². The molecule has 0 aromatic carbocycles. The van der Waals surface area contributed by atoms with Crippen molar-refractivity contribution < 1.29 is 0 Å². The van der Waals surface area contributed by atoms with Crippen molar-refractivity contribution in [3.05, 3.63) is 64.5 Å². The van der Waals surface area contributed by atoms with Gasteiger partial charge in [-0.15, -0.1) is 0 Å². The van der Waals surface area contributed by atoms with Gasteiger partial charge in [0.15, 0.2) is 0 Å². The van der Waals surface area contributed by atoms with Crippen LogP contribution in [0.15, 0.2) is 47.7 Å². The highest BCUT2D eigenvalue weighted by atomic mass is 16.1. The molecule has 0 aliphatic carbocycles. The van der Waals surface area contributed by atoms with Crippen LogP contribution >= 0.6 is 0 Å². The minimum Gasteiger partial charge on any atom is -0.368 e. The first-order valence-corrected chi connectivity index (χ1v) is 10.5. The van der Waals surface area contributed by atoms with E-state index in [0.29, 0.717) is 17.4 Å². The molecule has 1 N–H and O–H groups in total. The molecule has 5 rings (SSSR count). The molecular formula is C23H26N6O. The van der Waals surface area contributed by atoms with Gasteiger partial charge in [0, 0.05) is 55.9 Å². The molecule has 4 aromatic rings. The third-order valence-corrected chi connectivity index (χ3v) is 5.80. The van der Waals surface area contributed by atoms with Crippen LogP contribution in [-0.2, 0) is 6.42 Å². The largest absolute Gasteiger partial charge is 0.368 e. The number of hydrogen-bond acceptors (Lipinski definition) is 5. The van der Waals surface area contributed by atoms with Crippen molar-refractivity contribution in [2.75, 3.05) is 24.5 Å². The standard InChI is InChI=1S/C23H26N6O/c1-4-17-9-18(13-28-12-16(3)25-23(17)28)20-10-22(30)29-14-19(5-6-21(29)26-20)27-8-7-24-15(2)11-27/h5-6,9-10,12-15,24H,4,7-8,11H2,1-3H3/t15-/m1/s1. The van der Waals surface area contributed by atoms with Crippen LogP contribution in [0.5, 0.6) is 0 Å². The van der Waals surface area contributed by atoms with Crippen LogP contribution < -0.4 is 15.8 Å². The number of aryl methyl sites for hydroxylation is 2. The Kier molecular flexibility index (Phi) is 4.55. The van der Waals surface area contributed by atoms with Gasteiger partial charge in [0.1, 0.15) is 11.3 Å². The summed E-state index contributed by atoms with van der Waals surface area (Å²) in [6, 6.07) is 8.15. The van der Waals surface area contributed by atoms with Crippen molar-refractivity contribution in [3.63, 3.8) is 0 Å². The number of nitrogens with zero attached hydrogens (tertiary/aromatic N) is 5. The number of hydrogen-bond donors (Lipinski definition) is 1. The highest BCUT2D eigenvalue weighted by Gasteiger charge is 2.17. The third kappa shape index (κ3) is 3.25. The fourth-order valence-corrected chi connectivity index (χ4v) is 4.29. The van der Waals surface area contributed by atoms with E-state index in [9.17, 15) is 4.79 Å². The summed E-state index contributed by atoms with van der Waals surface area (Å²) in [5.41, 5.74) is 6.34. The predicted octanol–water partition coefficient (Wildman–Crippen LogP) is 2.68. The topological polar surface area (TPSA) is 66.9 Å². The Morgan fingerprint density at radius 3 is 2.83 bits per heavy atom. The highest BCUT2D eigenvalue weighted by Crippen LogP contribution is 2.23. The minimum atomic E-state index is -0.0695. The van der Waals surface area contributed by atoms with Gasteiger partial charge in [0.05, 0.1) is 17.1 Å². The van der Waals surface area contributed by atoms with Crippen molar-refractivity contribution >= 4 is 17.0 Å². The van der Waals surface area contributed by atoms with Crippen molar-refractivity contribution in [2.24, 2.45) is 0 Å². The van der Waals surface area contributed by atoms with Crippen molar-refractivity contribution in [1.82, 2.24) is 24.1 Å². The molecule has 5 heterocycles. The third-order valence-electron chi connectivity index (χ3n) is 5.80. The van der Waals surface area contributed by atoms with Crippen LogP contribution in [0.4, 0.5) is 5.69 Å². The van der Waals surface area contributed by atoms with Gasteiger partial charge in [0.25, 0.3) is 5.56 Å². The molecule has 1 atom stereocenters. The molecular weight excluding hydrogens is 376 g/mol. The second kappa shape index (κ2) is 7.25. The lowest BCUT2D eigenvalue weighted by molar-refractivity contribution is 0.484. The number of piperazine rings is 1. The molecule has 1 aliphatic rings. The van der Waals surface area contributed by atoms with Crippen LogP contribution in [0.2, 0.25) is 0 Å². The zero-order chi connectivity index (χ0) is 20.8. The maximum absolute atomic E-state index is 13.0. The number of fused-ring (bicyclic) bond motifs is 2. The summed E-state index contributed by atoms with van der Waals surface area (Å²) >= 11 is 0. The summed E-state index contributed by atoms with van der Waals surface area (Å²) in [6.07, 6.45) is 6.79. The van der Waals surface area contributed by atoms with E-state index in [2.05, 4.69) is 41.2 Å². The smallest absolute Gasteiger partial charge is 0.258 e. The molecule has 0 bridgehead atoms. The molecule has 0 spiro atoms. The van der Waals surface area contributed by atoms with Crippen LogP contribution in [0.1, 0.15) is 25.1 Å². The number of imidazole rings is 1. The quantitative estimate of drug-likeness (QED) is 0.571. The van der Waals surface area contributed by atoms with Gasteiger partial charge < -0.3 is 14.6 Å². The van der Waals surface area contributed by atoms with Gasteiger partial charge in [-0.3, -0.25) is 9.20 Å². The molecule has 0 unspecified atom stereocenters. The normalized spacial score (nSPS) is 17.2. The number of aromatic nitrogens is 4.